The minimum atomic E-state index is -1.22. The van der Waals surface area contributed by atoms with E-state index in [9.17, 15) is 24.3 Å². The number of rotatable bonds is 4. The van der Waals surface area contributed by atoms with E-state index < -0.39 is 36.1 Å². The summed E-state index contributed by atoms with van der Waals surface area (Å²) in [6, 6.07) is 2.72. The second-order valence-corrected chi connectivity index (χ2v) is 4.22. The van der Waals surface area contributed by atoms with Crippen LogP contribution >= 0.6 is 0 Å². The van der Waals surface area contributed by atoms with Crippen LogP contribution in [0.15, 0.2) is 18.2 Å². The highest BCUT2D eigenvalue weighted by Crippen LogP contribution is 2.24. The number of hydrogen-bond acceptors (Lipinski definition) is 5. The quantitative estimate of drug-likeness (QED) is 0.439. The van der Waals surface area contributed by atoms with Gasteiger partial charge in [-0.2, -0.15) is 0 Å². The Morgan fingerprint density at radius 2 is 2.05 bits per heavy atom. The first-order chi connectivity index (χ1) is 9.88. The van der Waals surface area contributed by atoms with E-state index in [1.54, 1.807) is 0 Å². The van der Waals surface area contributed by atoms with E-state index in [0.29, 0.717) is 0 Å². The summed E-state index contributed by atoms with van der Waals surface area (Å²) in [5.41, 5.74) is -0.156. The van der Waals surface area contributed by atoms with Crippen LogP contribution in [0.3, 0.4) is 0 Å². The first-order valence-corrected chi connectivity index (χ1v) is 5.83. The summed E-state index contributed by atoms with van der Waals surface area (Å²) >= 11 is 0. The maximum absolute atomic E-state index is 11.7. The summed E-state index contributed by atoms with van der Waals surface area (Å²) in [7, 11) is 0. The van der Waals surface area contributed by atoms with E-state index in [1.165, 1.54) is 12.1 Å². The highest BCUT2D eigenvalue weighted by Gasteiger charge is 2.30. The number of carboxylic acids is 1. The minimum Gasteiger partial charge on any atom is -0.506 e. The Kier molecular flexibility index (Phi) is 3.74. The number of carboxylic acid groups (broad SMARTS) is 1. The monoisotopic (exact) mass is 293 g/mol. The topological polar surface area (TPSA) is 136 Å². The van der Waals surface area contributed by atoms with Crippen molar-refractivity contribution in [3.05, 3.63) is 23.8 Å². The molecule has 0 unspecified atom stereocenters. The van der Waals surface area contributed by atoms with E-state index in [-0.39, 0.29) is 17.8 Å². The number of hydrogen-bond donors (Lipinski definition) is 4. The Labute approximate surface area is 118 Å². The average molecular weight is 293 g/mol. The van der Waals surface area contributed by atoms with Gasteiger partial charge in [0.15, 0.2) is 0 Å². The first-order valence-electron chi connectivity index (χ1n) is 5.83. The third-order valence-electron chi connectivity index (χ3n) is 2.76. The number of nitrogens with one attached hydrogen (secondary N) is 2. The zero-order valence-electron chi connectivity index (χ0n) is 10.6. The van der Waals surface area contributed by atoms with Gasteiger partial charge in [0.2, 0.25) is 5.91 Å². The highest BCUT2D eigenvalue weighted by atomic mass is 16.4. The van der Waals surface area contributed by atoms with Gasteiger partial charge in [0.1, 0.15) is 12.3 Å². The molecule has 0 spiro atoms. The standard InChI is InChI=1S/C12H11N3O6/c16-8-3-6(11(19)20)1-2-7(8)14-9(17)5-15-10(18)4-13-12(15)21/h1-3,16H,4-5H2,(H,13,21)(H,14,17)(H,19,20). The van der Waals surface area contributed by atoms with E-state index in [4.69, 9.17) is 5.11 Å². The van der Waals surface area contributed by atoms with Crippen molar-refractivity contribution in [3.8, 4) is 5.75 Å². The molecule has 1 aromatic rings. The maximum Gasteiger partial charge on any atom is 0.335 e. The molecule has 0 saturated carbocycles. The van der Waals surface area contributed by atoms with Crippen LogP contribution in [0, 0.1) is 0 Å². The molecular formula is C12H11N3O6. The fourth-order valence-electron chi connectivity index (χ4n) is 1.72. The van der Waals surface area contributed by atoms with Crippen LogP contribution < -0.4 is 10.6 Å². The molecule has 2 rings (SSSR count). The lowest BCUT2D eigenvalue weighted by molar-refractivity contribution is -0.128. The zero-order chi connectivity index (χ0) is 15.6. The van der Waals surface area contributed by atoms with E-state index in [2.05, 4.69) is 10.6 Å². The van der Waals surface area contributed by atoms with Gasteiger partial charge in [-0.05, 0) is 18.2 Å². The second kappa shape index (κ2) is 5.49. The number of aromatic hydroxyl groups is 1. The Balaban J connectivity index is 2.04. The van der Waals surface area contributed by atoms with Gasteiger partial charge in [-0.3, -0.25) is 14.5 Å². The summed E-state index contributed by atoms with van der Waals surface area (Å²) in [4.78, 5) is 45.7. The van der Waals surface area contributed by atoms with Crippen molar-refractivity contribution in [3.63, 3.8) is 0 Å². The molecule has 1 saturated heterocycles. The number of phenolic OH excluding ortho intramolecular Hbond substituents is 1. The molecule has 9 nitrogen and oxygen atoms in total. The van der Waals surface area contributed by atoms with Gasteiger partial charge in [0, 0.05) is 0 Å². The molecule has 0 atom stereocenters. The number of phenols is 1. The largest absolute Gasteiger partial charge is 0.506 e. The van der Waals surface area contributed by atoms with Crippen molar-refractivity contribution >= 4 is 29.5 Å². The summed E-state index contributed by atoms with van der Waals surface area (Å²) in [5.74, 6) is -2.87. The highest BCUT2D eigenvalue weighted by molar-refractivity contribution is 6.06. The lowest BCUT2D eigenvalue weighted by Gasteiger charge is -2.13. The van der Waals surface area contributed by atoms with E-state index in [1.807, 2.05) is 0 Å². The molecule has 1 heterocycles. The fraction of sp³-hybridized carbons (Fsp3) is 0.167. The van der Waals surface area contributed by atoms with Crippen molar-refractivity contribution in [2.75, 3.05) is 18.4 Å². The molecule has 0 aromatic heterocycles. The SMILES string of the molecule is O=C(CN1C(=O)CNC1=O)Nc1ccc(C(=O)O)cc1O. The van der Waals surface area contributed by atoms with Crippen molar-refractivity contribution < 1.29 is 29.4 Å². The van der Waals surface area contributed by atoms with Crippen LogP contribution in [0.1, 0.15) is 10.4 Å². The third-order valence-corrected chi connectivity index (χ3v) is 2.76. The number of benzene rings is 1. The normalized spacial score (nSPS) is 14.0. The maximum atomic E-state index is 11.7. The fourth-order valence-corrected chi connectivity index (χ4v) is 1.72. The Morgan fingerprint density at radius 1 is 1.33 bits per heavy atom. The Bertz CT molecular complexity index is 626. The van der Waals surface area contributed by atoms with Gasteiger partial charge in [0.05, 0.1) is 17.8 Å². The summed E-state index contributed by atoms with van der Waals surface area (Å²) in [5, 5.41) is 22.9. The first kappa shape index (κ1) is 14.3. The van der Waals surface area contributed by atoms with E-state index >= 15 is 0 Å². The van der Waals surface area contributed by atoms with Gasteiger partial charge < -0.3 is 20.8 Å². The predicted octanol–water partition coefficient (Wildman–Crippen LogP) is -0.419. The number of nitrogens with zero attached hydrogens (tertiary/aromatic N) is 1. The lowest BCUT2D eigenvalue weighted by Crippen LogP contribution is -2.38. The van der Waals surface area contributed by atoms with Crippen LogP contribution in [0.5, 0.6) is 5.75 Å². The number of carbonyl (C=O) groups excluding carboxylic acids is 3. The van der Waals surface area contributed by atoms with Crippen LogP contribution in [-0.4, -0.2) is 52.0 Å². The Morgan fingerprint density at radius 3 is 2.57 bits per heavy atom. The number of urea groups is 1. The van der Waals surface area contributed by atoms with Gasteiger partial charge in [-0.1, -0.05) is 0 Å². The lowest BCUT2D eigenvalue weighted by atomic mass is 10.2. The molecule has 1 aliphatic rings. The van der Waals surface area contributed by atoms with Gasteiger partial charge >= 0.3 is 12.0 Å². The minimum absolute atomic E-state index is 0.0166. The molecule has 4 N–H and O–H groups in total. The van der Waals surface area contributed by atoms with Gasteiger partial charge in [-0.25, -0.2) is 9.59 Å². The third kappa shape index (κ3) is 3.08. The second-order valence-electron chi connectivity index (χ2n) is 4.22. The molecule has 9 heteroatoms. The molecule has 0 radical (unpaired) electrons. The van der Waals surface area contributed by atoms with Gasteiger partial charge in [0.25, 0.3) is 5.91 Å². The van der Waals surface area contributed by atoms with Crippen molar-refractivity contribution in [1.29, 1.82) is 0 Å². The van der Waals surface area contributed by atoms with Crippen LogP contribution in [0.25, 0.3) is 0 Å². The summed E-state index contributed by atoms with van der Waals surface area (Å²) < 4.78 is 0. The summed E-state index contributed by atoms with van der Waals surface area (Å²) in [6.45, 7) is -0.657. The molecule has 0 bridgehead atoms. The van der Waals surface area contributed by atoms with Crippen molar-refractivity contribution in [1.82, 2.24) is 10.2 Å². The average Bonchev–Trinajstić information content (AvgIpc) is 2.72. The molecule has 1 aromatic carbocycles. The number of amides is 4. The number of carbonyl (C=O) groups is 4. The molecular weight excluding hydrogens is 282 g/mol. The number of aromatic carboxylic acids is 1. The smallest absolute Gasteiger partial charge is 0.335 e. The predicted molar refractivity (Wildman–Crippen MR) is 68.8 cm³/mol. The van der Waals surface area contributed by atoms with Crippen LogP contribution in [0.2, 0.25) is 0 Å². The van der Waals surface area contributed by atoms with E-state index in [0.717, 1.165) is 11.0 Å². The number of anilines is 1. The molecule has 1 fully saturated rings. The number of imide groups is 1. The molecule has 1 aliphatic heterocycles. The summed E-state index contributed by atoms with van der Waals surface area (Å²) in [6.07, 6.45) is 0. The van der Waals surface area contributed by atoms with Crippen LogP contribution in [-0.2, 0) is 9.59 Å². The molecule has 21 heavy (non-hydrogen) atoms. The Hall–Kier alpha value is -3.10. The molecule has 110 valence electrons. The molecule has 0 aliphatic carbocycles. The van der Waals surface area contributed by atoms with Crippen LogP contribution in [0.4, 0.5) is 10.5 Å². The van der Waals surface area contributed by atoms with Crippen molar-refractivity contribution in [2.24, 2.45) is 0 Å². The molecule has 4 amide bonds. The van der Waals surface area contributed by atoms with Gasteiger partial charge in [-0.15, -0.1) is 0 Å². The van der Waals surface area contributed by atoms with Crippen molar-refractivity contribution in [2.45, 2.75) is 0 Å². The zero-order valence-corrected chi connectivity index (χ0v) is 10.6.